The molecule has 1 aliphatic rings. The summed E-state index contributed by atoms with van der Waals surface area (Å²) in [6.07, 6.45) is 1.81. The Morgan fingerprint density at radius 3 is 2.38 bits per heavy atom. The van der Waals surface area contributed by atoms with Crippen LogP contribution >= 0.6 is 0 Å². The lowest BCUT2D eigenvalue weighted by Crippen LogP contribution is -2.47. The third kappa shape index (κ3) is 3.79. The van der Waals surface area contributed by atoms with Crippen molar-refractivity contribution in [3.05, 3.63) is 60.3 Å². The number of aromatic nitrogens is 4. The molecule has 32 heavy (non-hydrogen) atoms. The van der Waals surface area contributed by atoms with Crippen LogP contribution in [0, 0.1) is 6.92 Å². The lowest BCUT2D eigenvalue weighted by atomic mass is 10.2. The molecule has 0 aliphatic carbocycles. The van der Waals surface area contributed by atoms with Gasteiger partial charge in [0.1, 0.15) is 11.6 Å². The van der Waals surface area contributed by atoms with Gasteiger partial charge in [-0.1, -0.05) is 29.8 Å². The van der Waals surface area contributed by atoms with Crippen LogP contribution in [-0.2, 0) is 7.05 Å². The highest BCUT2D eigenvalue weighted by molar-refractivity contribution is 5.89. The van der Waals surface area contributed by atoms with E-state index in [2.05, 4.69) is 57.5 Å². The second kappa shape index (κ2) is 8.37. The van der Waals surface area contributed by atoms with Crippen LogP contribution in [0.25, 0.3) is 11.0 Å². The molecule has 0 atom stereocenters. The van der Waals surface area contributed by atoms with Gasteiger partial charge in [-0.25, -0.2) is 0 Å². The molecule has 0 saturated carbocycles. The molecular formula is C24H27N7O. The van der Waals surface area contributed by atoms with Crippen molar-refractivity contribution in [1.82, 2.24) is 19.7 Å². The number of hydrogen-bond acceptors (Lipinski definition) is 7. The van der Waals surface area contributed by atoms with E-state index in [0.717, 1.165) is 66.1 Å². The number of para-hydroxylation sites is 2. The van der Waals surface area contributed by atoms with E-state index in [1.54, 1.807) is 11.8 Å². The third-order valence-electron chi connectivity index (χ3n) is 5.88. The number of anilines is 4. The summed E-state index contributed by atoms with van der Waals surface area (Å²) in [6, 6.07) is 16.5. The van der Waals surface area contributed by atoms with Gasteiger partial charge in [0, 0.05) is 38.9 Å². The molecular weight excluding hydrogens is 402 g/mol. The first kappa shape index (κ1) is 20.1. The summed E-state index contributed by atoms with van der Waals surface area (Å²) < 4.78 is 7.34. The predicted molar refractivity (Wildman–Crippen MR) is 128 cm³/mol. The minimum atomic E-state index is 0.718. The highest BCUT2D eigenvalue weighted by Gasteiger charge is 2.23. The molecule has 3 heterocycles. The maximum Gasteiger partial charge on any atom is 0.229 e. The van der Waals surface area contributed by atoms with Crippen LogP contribution < -0.4 is 19.9 Å². The van der Waals surface area contributed by atoms with Crippen LogP contribution in [0.15, 0.2) is 54.7 Å². The Hall–Kier alpha value is -3.81. The number of piperazine rings is 1. The Bertz CT molecular complexity index is 1230. The normalized spacial score (nSPS) is 14.1. The van der Waals surface area contributed by atoms with Crippen molar-refractivity contribution in [3.8, 4) is 5.75 Å². The number of hydrogen-bond donors (Lipinski definition) is 1. The van der Waals surface area contributed by atoms with Gasteiger partial charge in [-0.05, 0) is 31.2 Å². The Labute approximate surface area is 187 Å². The lowest BCUT2D eigenvalue weighted by Gasteiger charge is -2.36. The Morgan fingerprint density at radius 1 is 0.906 bits per heavy atom. The summed E-state index contributed by atoms with van der Waals surface area (Å²) in [5.41, 5.74) is 4.15. The highest BCUT2D eigenvalue weighted by atomic mass is 16.5. The molecule has 1 aliphatic heterocycles. The fraction of sp³-hybridized carbons (Fsp3) is 0.292. The average molecular weight is 430 g/mol. The molecule has 0 amide bonds. The van der Waals surface area contributed by atoms with Crippen LogP contribution in [0.2, 0.25) is 0 Å². The predicted octanol–water partition coefficient (Wildman–Crippen LogP) is 3.75. The zero-order valence-corrected chi connectivity index (χ0v) is 18.6. The maximum atomic E-state index is 5.54. The van der Waals surface area contributed by atoms with Crippen molar-refractivity contribution in [2.45, 2.75) is 6.92 Å². The largest absolute Gasteiger partial charge is 0.495 e. The van der Waals surface area contributed by atoms with E-state index < -0.39 is 0 Å². The van der Waals surface area contributed by atoms with Crippen LogP contribution in [0.5, 0.6) is 5.75 Å². The molecule has 0 unspecified atom stereocenters. The summed E-state index contributed by atoms with van der Waals surface area (Å²) in [6.45, 7) is 5.47. The summed E-state index contributed by atoms with van der Waals surface area (Å²) in [4.78, 5) is 14.3. The minimum Gasteiger partial charge on any atom is -0.495 e. The number of nitrogens with zero attached hydrogens (tertiary/aromatic N) is 6. The number of rotatable bonds is 5. The first-order chi connectivity index (χ1) is 15.6. The van der Waals surface area contributed by atoms with E-state index >= 15 is 0 Å². The molecule has 1 saturated heterocycles. The molecule has 0 spiro atoms. The quantitative estimate of drug-likeness (QED) is 0.518. The van der Waals surface area contributed by atoms with E-state index in [0.29, 0.717) is 0 Å². The van der Waals surface area contributed by atoms with Crippen molar-refractivity contribution in [2.75, 3.05) is 48.4 Å². The molecule has 0 bridgehead atoms. The van der Waals surface area contributed by atoms with Gasteiger partial charge in [-0.3, -0.25) is 4.68 Å². The minimum absolute atomic E-state index is 0.718. The van der Waals surface area contributed by atoms with Gasteiger partial charge in [-0.15, -0.1) is 0 Å². The van der Waals surface area contributed by atoms with Crippen LogP contribution in [0.1, 0.15) is 5.56 Å². The first-order valence-electron chi connectivity index (χ1n) is 10.8. The van der Waals surface area contributed by atoms with E-state index in [9.17, 15) is 0 Å². The van der Waals surface area contributed by atoms with Crippen LogP contribution in [-0.4, -0.2) is 53.0 Å². The zero-order chi connectivity index (χ0) is 22.1. The fourth-order valence-electron chi connectivity index (χ4n) is 4.06. The Kier molecular flexibility index (Phi) is 5.26. The van der Waals surface area contributed by atoms with Crippen molar-refractivity contribution in [3.63, 3.8) is 0 Å². The molecule has 8 heteroatoms. The van der Waals surface area contributed by atoms with Gasteiger partial charge in [0.05, 0.1) is 24.4 Å². The molecule has 8 nitrogen and oxygen atoms in total. The Balaban J connectivity index is 1.41. The standard InChI is InChI=1S/C24H27N7O/c1-17-8-10-18(11-9-17)26-22-19-16-25-29(2)23(19)28-24(27-22)31-14-12-30(13-15-31)20-6-4-5-7-21(20)32-3/h4-11,16H,12-15H2,1-3H3,(H,26,27,28). The molecule has 164 valence electrons. The average Bonchev–Trinajstić information content (AvgIpc) is 3.21. The SMILES string of the molecule is COc1ccccc1N1CCN(c2nc(Nc3ccc(C)cc3)c3cnn(C)c3n2)CC1. The summed E-state index contributed by atoms with van der Waals surface area (Å²) >= 11 is 0. The highest BCUT2D eigenvalue weighted by Crippen LogP contribution is 2.30. The topological polar surface area (TPSA) is 71.3 Å². The molecule has 1 N–H and O–H groups in total. The van der Waals surface area contributed by atoms with Gasteiger partial charge in [-0.2, -0.15) is 15.1 Å². The molecule has 2 aromatic carbocycles. The van der Waals surface area contributed by atoms with Crippen LogP contribution in [0.4, 0.5) is 23.1 Å². The number of methoxy groups -OCH3 is 1. The summed E-state index contributed by atoms with van der Waals surface area (Å²) in [5.74, 6) is 2.39. The molecule has 4 aromatic rings. The maximum absolute atomic E-state index is 5.54. The number of nitrogens with one attached hydrogen (secondary N) is 1. The molecule has 5 rings (SSSR count). The van der Waals surface area contributed by atoms with Crippen molar-refractivity contribution in [2.24, 2.45) is 7.05 Å². The monoisotopic (exact) mass is 429 g/mol. The number of aryl methyl sites for hydroxylation is 2. The zero-order valence-electron chi connectivity index (χ0n) is 18.6. The van der Waals surface area contributed by atoms with E-state index in [-0.39, 0.29) is 0 Å². The molecule has 2 aromatic heterocycles. The van der Waals surface area contributed by atoms with Crippen molar-refractivity contribution >= 4 is 34.2 Å². The lowest BCUT2D eigenvalue weighted by molar-refractivity contribution is 0.413. The van der Waals surface area contributed by atoms with Gasteiger partial charge >= 0.3 is 0 Å². The van der Waals surface area contributed by atoms with Gasteiger partial charge in [0.15, 0.2) is 5.65 Å². The number of ether oxygens (including phenoxy) is 1. The van der Waals surface area contributed by atoms with Gasteiger partial charge in [0.25, 0.3) is 0 Å². The molecule has 1 fully saturated rings. The van der Waals surface area contributed by atoms with E-state index in [1.165, 1.54) is 5.56 Å². The molecule has 0 radical (unpaired) electrons. The van der Waals surface area contributed by atoms with Gasteiger partial charge < -0.3 is 19.9 Å². The van der Waals surface area contributed by atoms with Crippen LogP contribution in [0.3, 0.4) is 0 Å². The fourth-order valence-corrected chi connectivity index (χ4v) is 4.06. The summed E-state index contributed by atoms with van der Waals surface area (Å²) in [7, 11) is 3.63. The first-order valence-corrected chi connectivity index (χ1v) is 10.8. The summed E-state index contributed by atoms with van der Waals surface area (Å²) in [5, 5.41) is 8.77. The number of fused-ring (bicyclic) bond motifs is 1. The second-order valence-corrected chi connectivity index (χ2v) is 8.01. The third-order valence-corrected chi connectivity index (χ3v) is 5.88. The smallest absolute Gasteiger partial charge is 0.229 e. The number of benzene rings is 2. The van der Waals surface area contributed by atoms with Crippen molar-refractivity contribution < 1.29 is 4.74 Å². The van der Waals surface area contributed by atoms with E-state index in [1.807, 2.05) is 31.4 Å². The Morgan fingerprint density at radius 2 is 1.62 bits per heavy atom. The second-order valence-electron chi connectivity index (χ2n) is 8.01. The van der Waals surface area contributed by atoms with Gasteiger partial charge in [0.2, 0.25) is 5.95 Å². The van der Waals surface area contributed by atoms with E-state index in [4.69, 9.17) is 14.7 Å². The van der Waals surface area contributed by atoms with Crippen molar-refractivity contribution in [1.29, 1.82) is 0 Å².